The number of ketones is 1. The highest BCUT2D eigenvalue weighted by Crippen LogP contribution is 2.32. The fourth-order valence-corrected chi connectivity index (χ4v) is 2.60. The molecule has 5 heteroatoms. The third-order valence-corrected chi connectivity index (χ3v) is 3.84. The average Bonchev–Trinajstić information content (AvgIpc) is 2.60. The Labute approximate surface area is 146 Å². The van der Waals surface area contributed by atoms with Gasteiger partial charge in [-0.3, -0.25) is 4.79 Å². The van der Waals surface area contributed by atoms with Crippen LogP contribution in [0.3, 0.4) is 0 Å². The molecule has 0 spiro atoms. The summed E-state index contributed by atoms with van der Waals surface area (Å²) in [5.74, 6) is 0.555. The summed E-state index contributed by atoms with van der Waals surface area (Å²) >= 11 is 0. The second kappa shape index (κ2) is 7.40. The van der Waals surface area contributed by atoms with Crippen LogP contribution >= 0.6 is 0 Å². The van der Waals surface area contributed by atoms with Crippen LogP contribution in [0.5, 0.6) is 11.5 Å². The van der Waals surface area contributed by atoms with Crippen LogP contribution < -0.4 is 10.1 Å². The number of aromatic hydroxyl groups is 1. The Kier molecular flexibility index (Phi) is 5.05. The van der Waals surface area contributed by atoms with Crippen LogP contribution in [0.2, 0.25) is 0 Å². The predicted molar refractivity (Wildman–Crippen MR) is 96.0 cm³/mol. The molecular formula is C20H21NO4. The SMILES string of the molecule is CCCO[C@H]1Oc2ccc(C)cc2C(=O)/C1=C/Nc1cccc(O)c1. The summed E-state index contributed by atoms with van der Waals surface area (Å²) in [7, 11) is 0. The quantitative estimate of drug-likeness (QED) is 0.805. The molecule has 0 saturated heterocycles. The first-order chi connectivity index (χ1) is 12.1. The summed E-state index contributed by atoms with van der Waals surface area (Å²) in [6.45, 7) is 4.42. The zero-order valence-electron chi connectivity index (χ0n) is 14.3. The van der Waals surface area contributed by atoms with Crippen LogP contribution in [0.4, 0.5) is 5.69 Å². The number of hydrogen-bond acceptors (Lipinski definition) is 5. The number of anilines is 1. The Morgan fingerprint density at radius 2 is 2.12 bits per heavy atom. The number of carbonyl (C=O) groups excluding carboxylic acids is 1. The van der Waals surface area contributed by atoms with E-state index in [-0.39, 0.29) is 11.5 Å². The lowest BCUT2D eigenvalue weighted by molar-refractivity contribution is -0.0559. The molecule has 1 aliphatic rings. The molecule has 0 fully saturated rings. The maximum atomic E-state index is 12.9. The molecule has 3 rings (SSSR count). The standard InChI is InChI=1S/C20H21NO4/c1-3-9-24-20-17(12-21-14-5-4-6-15(22)11-14)19(23)16-10-13(2)7-8-18(16)25-20/h4-8,10-12,20-22H,3,9H2,1-2H3/b17-12-/t20-/m0/s1. The first-order valence-electron chi connectivity index (χ1n) is 8.27. The van der Waals surface area contributed by atoms with Gasteiger partial charge in [0.2, 0.25) is 6.29 Å². The van der Waals surface area contributed by atoms with Crippen molar-refractivity contribution in [3.8, 4) is 11.5 Å². The first kappa shape index (κ1) is 17.0. The maximum Gasteiger partial charge on any atom is 0.232 e. The molecule has 0 radical (unpaired) electrons. The van der Waals surface area contributed by atoms with E-state index in [2.05, 4.69) is 5.32 Å². The summed E-state index contributed by atoms with van der Waals surface area (Å²) in [5.41, 5.74) is 2.59. The van der Waals surface area contributed by atoms with Crippen molar-refractivity contribution in [3.05, 3.63) is 65.4 Å². The minimum absolute atomic E-state index is 0.126. The Balaban J connectivity index is 1.92. The number of fused-ring (bicyclic) bond motifs is 1. The van der Waals surface area contributed by atoms with Crippen molar-refractivity contribution in [1.82, 2.24) is 0 Å². The van der Waals surface area contributed by atoms with E-state index in [0.29, 0.717) is 29.2 Å². The predicted octanol–water partition coefficient (Wildman–Crippen LogP) is 4.02. The average molecular weight is 339 g/mol. The van der Waals surface area contributed by atoms with Crippen molar-refractivity contribution in [3.63, 3.8) is 0 Å². The van der Waals surface area contributed by atoms with Gasteiger partial charge in [0.1, 0.15) is 11.5 Å². The highest BCUT2D eigenvalue weighted by Gasteiger charge is 2.32. The molecule has 2 aromatic rings. The van der Waals surface area contributed by atoms with E-state index < -0.39 is 6.29 Å². The van der Waals surface area contributed by atoms with Crippen LogP contribution in [0.15, 0.2) is 54.2 Å². The highest BCUT2D eigenvalue weighted by molar-refractivity contribution is 6.12. The van der Waals surface area contributed by atoms with Crippen molar-refractivity contribution in [2.75, 3.05) is 11.9 Å². The van der Waals surface area contributed by atoms with Crippen molar-refractivity contribution in [2.24, 2.45) is 0 Å². The molecule has 0 aromatic heterocycles. The van der Waals surface area contributed by atoms with E-state index >= 15 is 0 Å². The van der Waals surface area contributed by atoms with Gasteiger partial charge in [-0.15, -0.1) is 0 Å². The molecule has 0 amide bonds. The third kappa shape index (κ3) is 3.83. The van der Waals surface area contributed by atoms with Gasteiger partial charge in [0.05, 0.1) is 17.7 Å². The van der Waals surface area contributed by atoms with Gasteiger partial charge in [0.25, 0.3) is 0 Å². The van der Waals surface area contributed by atoms with Gasteiger partial charge in [-0.1, -0.05) is 24.6 Å². The number of aryl methyl sites for hydroxylation is 1. The van der Waals surface area contributed by atoms with Crippen molar-refractivity contribution < 1.29 is 19.4 Å². The van der Waals surface area contributed by atoms with E-state index in [4.69, 9.17) is 9.47 Å². The van der Waals surface area contributed by atoms with Gasteiger partial charge in [-0.05, 0) is 37.6 Å². The normalized spacial score (nSPS) is 17.9. The van der Waals surface area contributed by atoms with Crippen molar-refractivity contribution in [2.45, 2.75) is 26.6 Å². The van der Waals surface area contributed by atoms with E-state index in [1.54, 1.807) is 36.5 Å². The molecule has 130 valence electrons. The van der Waals surface area contributed by atoms with Gasteiger partial charge < -0.3 is 19.9 Å². The number of rotatable bonds is 5. The number of Topliss-reactive ketones (excluding diaryl/α,β-unsaturated/α-hetero) is 1. The molecule has 0 aliphatic carbocycles. The monoisotopic (exact) mass is 339 g/mol. The van der Waals surface area contributed by atoms with Crippen LogP contribution in [-0.4, -0.2) is 23.8 Å². The van der Waals surface area contributed by atoms with E-state index in [9.17, 15) is 9.90 Å². The topological polar surface area (TPSA) is 67.8 Å². The first-order valence-corrected chi connectivity index (χ1v) is 8.27. The Hall–Kier alpha value is -2.79. The van der Waals surface area contributed by atoms with Gasteiger partial charge in [0.15, 0.2) is 5.78 Å². The Morgan fingerprint density at radius 3 is 2.88 bits per heavy atom. The van der Waals surface area contributed by atoms with Crippen LogP contribution in [0.1, 0.15) is 29.3 Å². The van der Waals surface area contributed by atoms with Crippen molar-refractivity contribution >= 4 is 11.5 Å². The smallest absolute Gasteiger partial charge is 0.232 e. The molecule has 1 aliphatic heterocycles. The molecule has 1 heterocycles. The molecule has 2 N–H and O–H groups in total. The number of hydrogen-bond donors (Lipinski definition) is 2. The summed E-state index contributed by atoms with van der Waals surface area (Å²) in [6, 6.07) is 12.2. The highest BCUT2D eigenvalue weighted by atomic mass is 16.7. The van der Waals surface area contributed by atoms with Crippen molar-refractivity contribution in [1.29, 1.82) is 0 Å². The maximum absolute atomic E-state index is 12.9. The molecule has 2 aromatic carbocycles. The molecule has 0 saturated carbocycles. The molecule has 1 atom stereocenters. The third-order valence-electron chi connectivity index (χ3n) is 3.84. The number of phenolic OH excluding ortho intramolecular Hbond substituents is 1. The lowest BCUT2D eigenvalue weighted by Gasteiger charge is -2.27. The summed E-state index contributed by atoms with van der Waals surface area (Å²) < 4.78 is 11.6. The van der Waals surface area contributed by atoms with E-state index in [1.165, 1.54) is 0 Å². The summed E-state index contributed by atoms with van der Waals surface area (Å²) in [6.07, 6.45) is 1.65. The number of nitrogens with one attached hydrogen (secondary N) is 1. The second-order valence-corrected chi connectivity index (χ2v) is 5.94. The fourth-order valence-electron chi connectivity index (χ4n) is 2.60. The number of carbonyl (C=O) groups is 1. The molecular weight excluding hydrogens is 318 g/mol. The van der Waals surface area contributed by atoms with Gasteiger partial charge in [-0.25, -0.2) is 0 Å². The molecule has 0 bridgehead atoms. The Morgan fingerprint density at radius 1 is 1.28 bits per heavy atom. The van der Waals surface area contributed by atoms with Crippen LogP contribution in [0.25, 0.3) is 0 Å². The van der Waals surface area contributed by atoms with Gasteiger partial charge >= 0.3 is 0 Å². The number of ether oxygens (including phenoxy) is 2. The lowest BCUT2D eigenvalue weighted by Crippen LogP contribution is -2.33. The molecule has 0 unspecified atom stereocenters. The van der Waals surface area contributed by atoms with E-state index in [0.717, 1.165) is 12.0 Å². The molecule has 5 nitrogen and oxygen atoms in total. The number of benzene rings is 2. The number of phenols is 1. The van der Waals surface area contributed by atoms with Crippen LogP contribution in [0, 0.1) is 6.92 Å². The van der Waals surface area contributed by atoms with Crippen LogP contribution in [-0.2, 0) is 4.74 Å². The van der Waals surface area contributed by atoms with Gasteiger partial charge in [0, 0.05) is 18.0 Å². The fraction of sp³-hybridized carbons (Fsp3) is 0.250. The molecule has 25 heavy (non-hydrogen) atoms. The lowest BCUT2D eigenvalue weighted by atomic mass is 9.98. The largest absolute Gasteiger partial charge is 0.508 e. The Bertz CT molecular complexity index is 813. The zero-order chi connectivity index (χ0) is 17.8. The minimum Gasteiger partial charge on any atom is -0.508 e. The van der Waals surface area contributed by atoms with E-state index in [1.807, 2.05) is 26.0 Å². The minimum atomic E-state index is -0.757. The summed E-state index contributed by atoms with van der Waals surface area (Å²) in [4.78, 5) is 12.9. The van der Waals surface area contributed by atoms with Gasteiger partial charge in [-0.2, -0.15) is 0 Å². The zero-order valence-corrected chi connectivity index (χ0v) is 14.3. The second-order valence-electron chi connectivity index (χ2n) is 5.94. The summed E-state index contributed by atoms with van der Waals surface area (Å²) in [5, 5.41) is 12.6.